The van der Waals surface area contributed by atoms with Gasteiger partial charge >= 0.3 is 0 Å². The Hall–Kier alpha value is -2.74. The van der Waals surface area contributed by atoms with Gasteiger partial charge in [0.2, 0.25) is 15.9 Å². The molecular weight excluding hydrogens is 416 g/mol. The maximum Gasteiger partial charge on any atom is 0.232 e. The molecule has 0 saturated carbocycles. The van der Waals surface area contributed by atoms with E-state index < -0.39 is 10.0 Å². The largest absolute Gasteiger partial charge is 0.486 e. The Morgan fingerprint density at radius 2 is 1.81 bits per heavy atom. The van der Waals surface area contributed by atoms with Crippen molar-refractivity contribution in [3.8, 4) is 11.5 Å². The Morgan fingerprint density at radius 1 is 1.10 bits per heavy atom. The molecule has 8 heteroatoms. The first-order valence-electron chi connectivity index (χ1n) is 10.4. The molecule has 0 saturated heterocycles. The summed E-state index contributed by atoms with van der Waals surface area (Å²) in [4.78, 5) is 12.5. The topological polar surface area (TPSA) is 84.9 Å². The summed E-state index contributed by atoms with van der Waals surface area (Å²) >= 11 is 0. The van der Waals surface area contributed by atoms with Crippen LogP contribution in [0.3, 0.4) is 0 Å². The molecule has 0 unspecified atom stereocenters. The van der Waals surface area contributed by atoms with Gasteiger partial charge in [-0.25, -0.2) is 8.42 Å². The molecule has 31 heavy (non-hydrogen) atoms. The molecular formula is C23H30N2O5S. The Bertz CT molecular complexity index is 1050. The molecule has 1 heterocycles. The lowest BCUT2D eigenvalue weighted by Crippen LogP contribution is -2.32. The highest BCUT2D eigenvalue weighted by Crippen LogP contribution is 2.34. The number of carbonyl (C=O) groups is 1. The lowest BCUT2D eigenvalue weighted by molar-refractivity contribution is -0.121. The van der Waals surface area contributed by atoms with E-state index in [4.69, 9.17) is 9.47 Å². The first-order chi connectivity index (χ1) is 14.6. The summed E-state index contributed by atoms with van der Waals surface area (Å²) in [7, 11) is -3.51. The molecule has 0 aromatic heterocycles. The molecule has 0 spiro atoms. The zero-order chi connectivity index (χ0) is 22.6. The van der Waals surface area contributed by atoms with Gasteiger partial charge in [0.15, 0.2) is 11.5 Å². The van der Waals surface area contributed by atoms with Crippen LogP contribution in [0.15, 0.2) is 36.4 Å². The summed E-state index contributed by atoms with van der Waals surface area (Å²) in [6, 6.07) is 11.1. The number of benzene rings is 2. The Balaban J connectivity index is 1.61. The van der Waals surface area contributed by atoms with Gasteiger partial charge in [-0.2, -0.15) is 0 Å². The van der Waals surface area contributed by atoms with Gasteiger partial charge in [-0.15, -0.1) is 0 Å². The first kappa shape index (κ1) is 22.9. The molecule has 1 N–H and O–H groups in total. The van der Waals surface area contributed by atoms with E-state index in [1.807, 2.05) is 32.9 Å². The number of anilines is 1. The van der Waals surface area contributed by atoms with Crippen LogP contribution in [0.5, 0.6) is 11.5 Å². The van der Waals surface area contributed by atoms with Crippen molar-refractivity contribution in [3.05, 3.63) is 53.1 Å². The van der Waals surface area contributed by atoms with Crippen LogP contribution in [0.1, 0.15) is 42.5 Å². The van der Waals surface area contributed by atoms with Gasteiger partial charge in [-0.1, -0.05) is 23.8 Å². The molecule has 1 atom stereocenters. The van der Waals surface area contributed by atoms with Crippen LogP contribution in [0.2, 0.25) is 0 Å². The highest BCUT2D eigenvalue weighted by molar-refractivity contribution is 7.92. The maximum absolute atomic E-state index is 12.5. The second-order valence-electron chi connectivity index (χ2n) is 7.92. The molecule has 0 radical (unpaired) electrons. The van der Waals surface area contributed by atoms with E-state index in [0.717, 1.165) is 22.9 Å². The Labute approximate surface area is 184 Å². The first-order valence-corrected chi connectivity index (χ1v) is 12.2. The van der Waals surface area contributed by atoms with Gasteiger partial charge in [0.1, 0.15) is 13.2 Å². The van der Waals surface area contributed by atoms with Gasteiger partial charge in [0.05, 0.1) is 18.0 Å². The number of carbonyl (C=O) groups excluding carboxylic acids is 1. The van der Waals surface area contributed by atoms with E-state index in [0.29, 0.717) is 36.8 Å². The maximum atomic E-state index is 12.5. The molecule has 0 aliphatic carbocycles. The van der Waals surface area contributed by atoms with Crippen molar-refractivity contribution in [3.63, 3.8) is 0 Å². The average Bonchev–Trinajstić information content (AvgIpc) is 2.71. The van der Waals surface area contributed by atoms with E-state index >= 15 is 0 Å². The highest BCUT2D eigenvalue weighted by atomic mass is 32.2. The Kier molecular flexibility index (Phi) is 7.10. The average molecular weight is 447 g/mol. The zero-order valence-electron chi connectivity index (χ0n) is 18.5. The van der Waals surface area contributed by atoms with Gasteiger partial charge in [-0.05, 0) is 50.5 Å². The fourth-order valence-corrected chi connectivity index (χ4v) is 4.63. The van der Waals surface area contributed by atoms with Crippen LogP contribution in [0.25, 0.3) is 0 Å². The van der Waals surface area contributed by atoms with E-state index in [9.17, 15) is 13.2 Å². The fourth-order valence-electron chi connectivity index (χ4n) is 3.67. The minimum atomic E-state index is -3.51. The summed E-state index contributed by atoms with van der Waals surface area (Å²) < 4.78 is 37.1. The zero-order valence-corrected chi connectivity index (χ0v) is 19.3. The summed E-state index contributed by atoms with van der Waals surface area (Å²) in [5.41, 5.74) is 3.85. The van der Waals surface area contributed by atoms with Crippen molar-refractivity contribution in [1.29, 1.82) is 0 Å². The minimum absolute atomic E-state index is 0.107. The van der Waals surface area contributed by atoms with Gasteiger partial charge in [0.25, 0.3) is 0 Å². The van der Waals surface area contributed by atoms with E-state index in [1.165, 1.54) is 4.31 Å². The van der Waals surface area contributed by atoms with Crippen LogP contribution in [0, 0.1) is 13.8 Å². The number of fused-ring (bicyclic) bond motifs is 1. The molecule has 0 fully saturated rings. The van der Waals surface area contributed by atoms with Crippen molar-refractivity contribution in [1.82, 2.24) is 5.32 Å². The molecule has 0 bridgehead atoms. The third-order valence-corrected chi connectivity index (χ3v) is 6.45. The summed E-state index contributed by atoms with van der Waals surface area (Å²) in [6.07, 6.45) is 1.78. The summed E-state index contributed by atoms with van der Waals surface area (Å²) in [5.74, 6) is 1.02. The van der Waals surface area contributed by atoms with Crippen LogP contribution >= 0.6 is 0 Å². The van der Waals surface area contributed by atoms with Crippen molar-refractivity contribution < 1.29 is 22.7 Å². The molecule has 7 nitrogen and oxygen atoms in total. The van der Waals surface area contributed by atoms with Gasteiger partial charge in [-0.3, -0.25) is 9.10 Å². The van der Waals surface area contributed by atoms with Crippen LogP contribution in [-0.4, -0.2) is 40.3 Å². The normalized spacial score (nSPS) is 14.1. The van der Waals surface area contributed by atoms with Gasteiger partial charge < -0.3 is 14.8 Å². The van der Waals surface area contributed by atoms with E-state index in [2.05, 4.69) is 11.4 Å². The number of nitrogens with one attached hydrogen (secondary N) is 1. The minimum Gasteiger partial charge on any atom is -0.486 e. The highest BCUT2D eigenvalue weighted by Gasteiger charge is 2.21. The molecule has 1 amide bonds. The van der Waals surface area contributed by atoms with Crippen molar-refractivity contribution in [2.75, 3.05) is 30.3 Å². The van der Waals surface area contributed by atoms with Crippen LogP contribution in [0.4, 0.5) is 5.69 Å². The van der Waals surface area contributed by atoms with Crippen LogP contribution < -0.4 is 19.1 Å². The number of amides is 1. The van der Waals surface area contributed by atoms with Crippen molar-refractivity contribution in [2.24, 2.45) is 0 Å². The van der Waals surface area contributed by atoms with Gasteiger partial charge in [0, 0.05) is 19.0 Å². The summed E-state index contributed by atoms with van der Waals surface area (Å²) in [6.45, 7) is 7.09. The standard InChI is InChI=1S/C23H30N2O5S/c1-16-7-8-17(2)20(14-16)18(3)24-23(26)6-5-11-25(31(4,27)28)19-9-10-21-22(15-19)30-13-12-29-21/h7-10,14-15,18H,5-6,11-13H2,1-4H3,(H,24,26)/t18-/m1/s1. The third kappa shape index (κ3) is 5.91. The smallest absolute Gasteiger partial charge is 0.232 e. The molecule has 2 aromatic carbocycles. The number of ether oxygens (including phenoxy) is 2. The number of aryl methyl sites for hydroxylation is 2. The van der Waals surface area contributed by atoms with Crippen LogP contribution in [-0.2, 0) is 14.8 Å². The number of hydrogen-bond donors (Lipinski definition) is 1. The predicted octanol–water partition coefficient (Wildman–Crippen LogP) is 3.50. The fraction of sp³-hybridized carbons (Fsp3) is 0.435. The second kappa shape index (κ2) is 9.60. The SMILES string of the molecule is Cc1ccc(C)c([C@@H](C)NC(=O)CCCN(c2ccc3c(c2)OCCO3)S(C)(=O)=O)c1. The number of nitrogens with zero attached hydrogens (tertiary/aromatic N) is 1. The van der Waals surface area contributed by atoms with Crippen molar-refractivity contribution >= 4 is 21.6 Å². The molecule has 2 aromatic rings. The quantitative estimate of drug-likeness (QED) is 0.671. The summed E-state index contributed by atoms with van der Waals surface area (Å²) in [5, 5.41) is 3.01. The lowest BCUT2D eigenvalue weighted by Gasteiger charge is -2.25. The monoisotopic (exact) mass is 446 g/mol. The number of rotatable bonds is 8. The molecule has 1 aliphatic rings. The molecule has 3 rings (SSSR count). The Morgan fingerprint density at radius 3 is 2.52 bits per heavy atom. The van der Waals surface area contributed by atoms with E-state index in [1.54, 1.807) is 18.2 Å². The predicted molar refractivity (Wildman–Crippen MR) is 121 cm³/mol. The van der Waals surface area contributed by atoms with Crippen molar-refractivity contribution in [2.45, 2.75) is 39.7 Å². The molecule has 168 valence electrons. The van der Waals surface area contributed by atoms with E-state index in [-0.39, 0.29) is 24.9 Å². The number of hydrogen-bond acceptors (Lipinski definition) is 5. The third-order valence-electron chi connectivity index (χ3n) is 5.26. The number of sulfonamides is 1. The lowest BCUT2D eigenvalue weighted by atomic mass is 10.00. The second-order valence-corrected chi connectivity index (χ2v) is 9.82. The molecule has 1 aliphatic heterocycles.